The molecule has 18 nitrogen and oxygen atoms in total. The van der Waals surface area contributed by atoms with Crippen LogP contribution in [0.25, 0.3) is 22.3 Å². The molecule has 3 aliphatic rings. The summed E-state index contributed by atoms with van der Waals surface area (Å²) in [5, 5.41) is 7.84. The van der Waals surface area contributed by atoms with E-state index in [0.717, 1.165) is 29.1 Å². The van der Waals surface area contributed by atoms with E-state index in [-0.39, 0.29) is 61.5 Å². The predicted octanol–water partition coefficient (Wildman–Crippen LogP) is 4.51. The number of nitrogens with one attached hydrogen (secondary N) is 1. The number of nitrogen functional groups attached to an aromatic ring is 1. The second kappa shape index (κ2) is 20.0. The predicted molar refractivity (Wildman–Crippen MR) is 231 cm³/mol. The lowest BCUT2D eigenvalue weighted by Crippen LogP contribution is -2.54. The minimum absolute atomic E-state index is 0.0361. The van der Waals surface area contributed by atoms with Crippen molar-refractivity contribution in [2.24, 2.45) is 0 Å². The van der Waals surface area contributed by atoms with E-state index in [2.05, 4.69) is 21.9 Å². The first-order valence-corrected chi connectivity index (χ1v) is 21.2. The van der Waals surface area contributed by atoms with Crippen molar-refractivity contribution in [1.29, 1.82) is 0 Å². The molecule has 0 bridgehead atoms. The summed E-state index contributed by atoms with van der Waals surface area (Å²) < 4.78 is 30.5. The van der Waals surface area contributed by atoms with Gasteiger partial charge >= 0.3 is 0 Å². The van der Waals surface area contributed by atoms with Gasteiger partial charge in [-0.15, -0.1) is 0 Å². The molecule has 3 N–H and O–H groups in total. The third-order valence-corrected chi connectivity index (χ3v) is 11.2. The summed E-state index contributed by atoms with van der Waals surface area (Å²) in [5.74, 6) is -0.527. The average Bonchev–Trinajstić information content (AvgIpc) is 3.82. The van der Waals surface area contributed by atoms with Crippen LogP contribution in [-0.4, -0.2) is 124 Å². The fraction of sp³-hybridized carbons (Fsp3) is 0.348. The summed E-state index contributed by atoms with van der Waals surface area (Å²) in [7, 11) is 0. The number of likely N-dealkylation sites (tertiary alicyclic amines) is 1. The molecule has 2 unspecified atom stereocenters. The number of nitrogens with zero attached hydrogens (tertiary/aromatic N) is 6. The van der Waals surface area contributed by atoms with Gasteiger partial charge < -0.3 is 34.3 Å². The van der Waals surface area contributed by atoms with Gasteiger partial charge in [0, 0.05) is 37.1 Å². The van der Waals surface area contributed by atoms with Crippen LogP contribution in [0.1, 0.15) is 58.9 Å². The summed E-state index contributed by atoms with van der Waals surface area (Å²) in [6.07, 6.45) is 3.48. The van der Waals surface area contributed by atoms with E-state index < -0.39 is 29.7 Å². The Kier molecular flexibility index (Phi) is 13.6. The summed E-state index contributed by atoms with van der Waals surface area (Å²) >= 11 is 0. The van der Waals surface area contributed by atoms with Crippen molar-refractivity contribution in [1.82, 2.24) is 34.9 Å². The van der Waals surface area contributed by atoms with Crippen molar-refractivity contribution in [3.05, 3.63) is 102 Å². The second-order valence-corrected chi connectivity index (χ2v) is 15.4. The molecule has 64 heavy (non-hydrogen) atoms. The van der Waals surface area contributed by atoms with Crippen LogP contribution in [-0.2, 0) is 28.6 Å². The van der Waals surface area contributed by atoms with Crippen LogP contribution < -0.4 is 20.5 Å². The minimum Gasteiger partial charge on any atom is -0.490 e. The Labute approximate surface area is 368 Å². The number of para-hydroxylation sites is 1. The quantitative estimate of drug-likeness (QED) is 0.0663. The largest absolute Gasteiger partial charge is 0.490 e. The van der Waals surface area contributed by atoms with Crippen LogP contribution in [0.4, 0.5) is 5.82 Å². The number of nitrogens with two attached hydrogens (primary N) is 1. The lowest BCUT2D eigenvalue weighted by molar-refractivity contribution is -0.136. The van der Waals surface area contributed by atoms with E-state index >= 15 is 0 Å². The molecule has 18 heteroatoms. The smallest absolute Gasteiger partial charge is 0.266 e. The highest BCUT2D eigenvalue weighted by Gasteiger charge is 2.46. The first kappa shape index (κ1) is 43.6. The third-order valence-electron chi connectivity index (χ3n) is 11.2. The van der Waals surface area contributed by atoms with Gasteiger partial charge in [0.05, 0.1) is 62.2 Å². The standard InChI is InChI=1S/C46H48N8O10/c1-29(18-20-60-21-22-61-23-24-62-25-26-63-36-11-5-10-34-38(36)46(59)53(45(34)58)35-16-17-37(55)50-43(35)56)44(57)52-19-6-7-31(27-52)54-42-39(41(47)48-28-49-42)40(51-54)30-12-14-33(15-13-30)64-32-8-3-2-4-9-32/h2-5,8-15,28,31,35H,1,6-7,16-27H2,(H2,47,48,49)(H,50,55,56). The molecular formula is C46H48N8O10. The molecule has 0 saturated carbocycles. The highest BCUT2D eigenvalue weighted by molar-refractivity contribution is 6.24. The molecule has 5 amide bonds. The molecule has 3 aromatic carbocycles. The molecule has 2 aromatic heterocycles. The van der Waals surface area contributed by atoms with Crippen molar-refractivity contribution in [3.8, 4) is 28.5 Å². The molecular weight excluding hydrogens is 825 g/mol. The first-order valence-electron chi connectivity index (χ1n) is 21.2. The number of hydrogen-bond acceptors (Lipinski definition) is 14. The number of imide groups is 2. The van der Waals surface area contributed by atoms with E-state index in [0.29, 0.717) is 79.8 Å². The van der Waals surface area contributed by atoms with Crippen molar-refractivity contribution in [2.75, 3.05) is 65.1 Å². The number of aromatic nitrogens is 4. The second-order valence-electron chi connectivity index (χ2n) is 15.4. The zero-order chi connectivity index (χ0) is 44.6. The number of benzene rings is 3. The summed E-state index contributed by atoms with van der Waals surface area (Å²) in [6, 6.07) is 20.7. The fourth-order valence-corrected chi connectivity index (χ4v) is 7.98. The van der Waals surface area contributed by atoms with Crippen LogP contribution >= 0.6 is 0 Å². The highest BCUT2D eigenvalue weighted by atomic mass is 16.6. The Morgan fingerprint density at radius 1 is 0.812 bits per heavy atom. The Bertz CT molecular complexity index is 2550. The van der Waals surface area contributed by atoms with Crippen molar-refractivity contribution in [2.45, 2.75) is 44.2 Å². The molecule has 2 saturated heterocycles. The maximum absolute atomic E-state index is 13.5. The molecule has 2 atom stereocenters. The van der Waals surface area contributed by atoms with Crippen LogP contribution in [0.2, 0.25) is 0 Å². The Morgan fingerprint density at radius 2 is 1.53 bits per heavy atom. The van der Waals surface area contributed by atoms with Gasteiger partial charge in [-0.1, -0.05) is 30.8 Å². The molecule has 0 aliphatic carbocycles. The van der Waals surface area contributed by atoms with Crippen LogP contribution in [0.15, 0.2) is 91.3 Å². The monoisotopic (exact) mass is 872 g/mol. The maximum atomic E-state index is 13.5. The summed E-state index contributed by atoms with van der Waals surface area (Å²) in [6.45, 7) is 6.94. The van der Waals surface area contributed by atoms with Crippen LogP contribution in [0.5, 0.6) is 17.2 Å². The number of ether oxygens (including phenoxy) is 5. The van der Waals surface area contributed by atoms with Gasteiger partial charge in [0.25, 0.3) is 11.8 Å². The van der Waals surface area contributed by atoms with E-state index in [4.69, 9.17) is 34.5 Å². The number of rotatable bonds is 19. The summed E-state index contributed by atoms with van der Waals surface area (Å²) in [4.78, 5) is 75.2. The van der Waals surface area contributed by atoms with Gasteiger partial charge in [-0.25, -0.2) is 14.6 Å². The number of carbonyl (C=O) groups excluding carboxylic acids is 5. The van der Waals surface area contributed by atoms with Crippen LogP contribution in [0, 0.1) is 0 Å². The van der Waals surface area contributed by atoms with Gasteiger partial charge in [0.2, 0.25) is 17.7 Å². The highest BCUT2D eigenvalue weighted by Crippen LogP contribution is 2.36. The third kappa shape index (κ3) is 9.63. The average molecular weight is 873 g/mol. The number of hydrogen-bond donors (Lipinski definition) is 2. The Balaban J connectivity index is 0.729. The number of amides is 5. The zero-order valence-electron chi connectivity index (χ0n) is 35.1. The molecule has 8 rings (SSSR count). The van der Waals surface area contributed by atoms with Gasteiger partial charge in [-0.3, -0.25) is 34.2 Å². The summed E-state index contributed by atoms with van der Waals surface area (Å²) in [5.41, 5.74) is 9.16. The van der Waals surface area contributed by atoms with Gasteiger partial charge in [0.1, 0.15) is 47.7 Å². The zero-order valence-corrected chi connectivity index (χ0v) is 35.1. The molecule has 3 aliphatic heterocycles. The molecule has 0 spiro atoms. The number of piperidine rings is 2. The van der Waals surface area contributed by atoms with E-state index in [9.17, 15) is 24.0 Å². The topological polar surface area (TPSA) is 220 Å². The van der Waals surface area contributed by atoms with Crippen molar-refractivity contribution >= 4 is 46.4 Å². The van der Waals surface area contributed by atoms with E-state index in [1.54, 1.807) is 12.1 Å². The number of anilines is 1. The van der Waals surface area contributed by atoms with Gasteiger partial charge in [-0.05, 0) is 67.8 Å². The molecule has 2 fully saturated rings. The van der Waals surface area contributed by atoms with Gasteiger partial charge in [0.15, 0.2) is 5.65 Å². The van der Waals surface area contributed by atoms with Crippen LogP contribution in [0.3, 0.4) is 0 Å². The molecule has 5 aromatic rings. The van der Waals surface area contributed by atoms with Crippen molar-refractivity contribution < 1.29 is 47.7 Å². The number of carbonyl (C=O) groups is 5. The SMILES string of the molecule is C=C(CCOCCOCCOCCOc1cccc2c1C(=O)N(C1CCC(=O)NC1=O)C2=O)C(=O)N1CCCC(n2nc(-c3ccc(Oc4ccccc4)cc3)c3c(N)ncnc32)C1. The lowest BCUT2D eigenvalue weighted by Gasteiger charge is -2.33. The normalized spacial score (nSPS) is 17.4. The molecule has 332 valence electrons. The Hall–Kier alpha value is -7.02. The van der Waals surface area contributed by atoms with Gasteiger partial charge in [-0.2, -0.15) is 5.10 Å². The lowest BCUT2D eigenvalue weighted by atomic mass is 10.0. The number of fused-ring (bicyclic) bond motifs is 2. The maximum Gasteiger partial charge on any atom is 0.266 e. The van der Waals surface area contributed by atoms with E-state index in [1.807, 2.05) is 64.2 Å². The Morgan fingerprint density at radius 3 is 2.28 bits per heavy atom. The van der Waals surface area contributed by atoms with Crippen molar-refractivity contribution in [3.63, 3.8) is 0 Å². The minimum atomic E-state index is -1.06. The first-order chi connectivity index (χ1) is 31.2. The van der Waals surface area contributed by atoms with E-state index in [1.165, 1.54) is 12.4 Å². The molecule has 5 heterocycles. The molecule has 0 radical (unpaired) electrons. The fourth-order valence-electron chi connectivity index (χ4n) is 7.98.